The van der Waals surface area contributed by atoms with E-state index >= 15 is 0 Å². The van der Waals surface area contributed by atoms with Gasteiger partial charge in [-0.15, -0.1) is 10.2 Å². The van der Waals surface area contributed by atoms with Gasteiger partial charge in [0.25, 0.3) is 5.56 Å². The SMILES string of the molecule is COc1cc2nc(CSc3nnc(-c4ccco4)n3C)[nH]c(=O)c2cc1OC. The molecule has 0 bridgehead atoms. The van der Waals surface area contributed by atoms with Gasteiger partial charge in [0.1, 0.15) is 5.82 Å². The minimum Gasteiger partial charge on any atom is -0.493 e. The summed E-state index contributed by atoms with van der Waals surface area (Å²) in [5.41, 5.74) is 0.294. The molecule has 3 aromatic heterocycles. The van der Waals surface area contributed by atoms with E-state index in [0.717, 1.165) is 0 Å². The maximum atomic E-state index is 12.5. The molecule has 10 heteroatoms. The van der Waals surface area contributed by atoms with E-state index in [9.17, 15) is 4.79 Å². The van der Waals surface area contributed by atoms with Gasteiger partial charge in [0.2, 0.25) is 0 Å². The van der Waals surface area contributed by atoms with Crippen molar-refractivity contribution < 1.29 is 13.9 Å². The fourth-order valence-corrected chi connectivity index (χ4v) is 3.56. The van der Waals surface area contributed by atoms with Gasteiger partial charge in [0.15, 0.2) is 28.2 Å². The first-order valence-corrected chi connectivity index (χ1v) is 9.30. The fraction of sp³-hybridized carbons (Fsp3) is 0.222. The predicted octanol–water partition coefficient (Wildman–Crippen LogP) is 2.62. The summed E-state index contributed by atoms with van der Waals surface area (Å²) in [4.78, 5) is 19.8. The number of benzene rings is 1. The van der Waals surface area contributed by atoms with Gasteiger partial charge in [0.05, 0.1) is 37.1 Å². The second-order valence-corrected chi connectivity index (χ2v) is 6.81. The molecule has 28 heavy (non-hydrogen) atoms. The Kier molecular flexibility index (Phi) is 4.78. The first kappa shape index (κ1) is 18.1. The Bertz CT molecular complexity index is 1180. The molecule has 0 spiro atoms. The normalized spacial score (nSPS) is 11.1. The maximum absolute atomic E-state index is 12.5. The van der Waals surface area contributed by atoms with Crippen LogP contribution in [-0.4, -0.2) is 39.0 Å². The van der Waals surface area contributed by atoms with Crippen molar-refractivity contribution in [3.8, 4) is 23.1 Å². The second kappa shape index (κ2) is 7.39. The van der Waals surface area contributed by atoms with Crippen LogP contribution < -0.4 is 15.0 Å². The number of rotatable bonds is 6. The van der Waals surface area contributed by atoms with Gasteiger partial charge >= 0.3 is 0 Å². The number of nitrogens with one attached hydrogen (secondary N) is 1. The molecule has 1 N–H and O–H groups in total. The van der Waals surface area contributed by atoms with Crippen molar-refractivity contribution in [3.63, 3.8) is 0 Å². The number of aromatic nitrogens is 5. The lowest BCUT2D eigenvalue weighted by atomic mass is 10.2. The number of fused-ring (bicyclic) bond motifs is 1. The first-order chi connectivity index (χ1) is 13.6. The average molecular weight is 399 g/mol. The molecule has 0 amide bonds. The van der Waals surface area contributed by atoms with Gasteiger partial charge in [-0.2, -0.15) is 0 Å². The monoisotopic (exact) mass is 399 g/mol. The summed E-state index contributed by atoms with van der Waals surface area (Å²) < 4.78 is 17.7. The molecular weight excluding hydrogens is 382 g/mol. The summed E-state index contributed by atoms with van der Waals surface area (Å²) >= 11 is 1.41. The largest absolute Gasteiger partial charge is 0.493 e. The Morgan fingerprint density at radius 1 is 1.21 bits per heavy atom. The Morgan fingerprint density at radius 2 is 2.00 bits per heavy atom. The van der Waals surface area contributed by atoms with E-state index in [1.165, 1.54) is 26.0 Å². The molecule has 0 radical (unpaired) electrons. The van der Waals surface area contributed by atoms with Crippen LogP contribution in [0.1, 0.15) is 5.82 Å². The molecule has 3 heterocycles. The van der Waals surface area contributed by atoms with Gasteiger partial charge < -0.3 is 23.4 Å². The summed E-state index contributed by atoms with van der Waals surface area (Å²) in [6, 6.07) is 6.93. The van der Waals surface area contributed by atoms with Gasteiger partial charge in [-0.3, -0.25) is 4.79 Å². The first-order valence-electron chi connectivity index (χ1n) is 8.31. The zero-order chi connectivity index (χ0) is 19.7. The molecule has 9 nitrogen and oxygen atoms in total. The standard InChI is InChI=1S/C18H17N5O4S/c1-23-16(12-5-4-6-27-12)21-22-18(23)28-9-15-19-11-8-14(26-3)13(25-2)7-10(11)17(24)20-15/h4-8H,9H2,1-3H3,(H,19,20,24). The third kappa shape index (κ3) is 3.22. The molecule has 0 aliphatic heterocycles. The fourth-order valence-electron chi connectivity index (χ4n) is 2.78. The predicted molar refractivity (Wildman–Crippen MR) is 104 cm³/mol. The third-order valence-corrected chi connectivity index (χ3v) is 5.21. The van der Waals surface area contributed by atoms with E-state index < -0.39 is 0 Å². The zero-order valence-corrected chi connectivity index (χ0v) is 16.2. The number of ether oxygens (including phenoxy) is 2. The van der Waals surface area contributed by atoms with E-state index in [1.54, 1.807) is 24.5 Å². The van der Waals surface area contributed by atoms with Crippen molar-refractivity contribution >= 4 is 22.7 Å². The molecule has 0 saturated heterocycles. The molecule has 0 aliphatic rings. The molecule has 4 rings (SSSR count). The van der Waals surface area contributed by atoms with Crippen LogP contribution in [0.5, 0.6) is 11.5 Å². The van der Waals surface area contributed by atoms with Gasteiger partial charge in [0, 0.05) is 13.1 Å². The maximum Gasteiger partial charge on any atom is 0.258 e. The van der Waals surface area contributed by atoms with Crippen LogP contribution in [0.2, 0.25) is 0 Å². The van der Waals surface area contributed by atoms with Crippen LogP contribution in [-0.2, 0) is 12.8 Å². The van der Waals surface area contributed by atoms with Crippen molar-refractivity contribution in [1.29, 1.82) is 0 Å². The van der Waals surface area contributed by atoms with Gasteiger partial charge in [-0.05, 0) is 18.2 Å². The van der Waals surface area contributed by atoms with E-state index in [2.05, 4.69) is 20.2 Å². The second-order valence-electron chi connectivity index (χ2n) is 5.87. The molecule has 0 saturated carbocycles. The molecule has 144 valence electrons. The molecule has 0 aliphatic carbocycles. The lowest BCUT2D eigenvalue weighted by Crippen LogP contribution is -2.12. The number of hydrogen-bond donors (Lipinski definition) is 1. The minimum atomic E-state index is -0.240. The van der Waals surface area contributed by atoms with Crippen LogP contribution in [0.4, 0.5) is 0 Å². The lowest BCUT2D eigenvalue weighted by Gasteiger charge is -2.09. The van der Waals surface area contributed by atoms with Crippen molar-refractivity contribution in [2.45, 2.75) is 10.9 Å². The van der Waals surface area contributed by atoms with Crippen LogP contribution in [0, 0.1) is 0 Å². The Morgan fingerprint density at radius 3 is 2.71 bits per heavy atom. The summed E-state index contributed by atoms with van der Waals surface area (Å²) in [6.07, 6.45) is 1.59. The highest BCUT2D eigenvalue weighted by molar-refractivity contribution is 7.98. The Balaban J connectivity index is 1.61. The number of aromatic amines is 1. The minimum absolute atomic E-state index is 0.240. The highest BCUT2D eigenvalue weighted by Gasteiger charge is 2.15. The summed E-state index contributed by atoms with van der Waals surface area (Å²) in [5, 5.41) is 9.45. The highest BCUT2D eigenvalue weighted by Crippen LogP contribution is 2.30. The topological polar surface area (TPSA) is 108 Å². The number of methoxy groups -OCH3 is 2. The van der Waals surface area contributed by atoms with E-state index in [0.29, 0.717) is 50.7 Å². The Hall–Kier alpha value is -3.27. The number of furan rings is 1. The van der Waals surface area contributed by atoms with E-state index in [4.69, 9.17) is 13.9 Å². The summed E-state index contributed by atoms with van der Waals surface area (Å²) in [5.74, 6) is 3.21. The highest BCUT2D eigenvalue weighted by atomic mass is 32.2. The number of H-pyrrole nitrogens is 1. The van der Waals surface area contributed by atoms with Crippen LogP contribution in [0.25, 0.3) is 22.5 Å². The molecule has 0 fully saturated rings. The third-order valence-electron chi connectivity index (χ3n) is 4.17. The molecule has 0 atom stereocenters. The van der Waals surface area contributed by atoms with Crippen LogP contribution >= 0.6 is 11.8 Å². The van der Waals surface area contributed by atoms with Crippen molar-refractivity contribution in [2.24, 2.45) is 7.05 Å². The number of thioether (sulfide) groups is 1. The van der Waals surface area contributed by atoms with Crippen molar-refractivity contribution in [1.82, 2.24) is 24.7 Å². The van der Waals surface area contributed by atoms with E-state index in [-0.39, 0.29) is 5.56 Å². The average Bonchev–Trinajstić information content (AvgIpc) is 3.35. The van der Waals surface area contributed by atoms with Crippen LogP contribution in [0.3, 0.4) is 0 Å². The Labute approximate surface area is 163 Å². The number of nitrogens with zero attached hydrogens (tertiary/aromatic N) is 4. The van der Waals surface area contributed by atoms with Crippen molar-refractivity contribution in [3.05, 3.63) is 46.7 Å². The summed E-state index contributed by atoms with van der Waals surface area (Å²) in [6.45, 7) is 0. The molecule has 0 unspecified atom stereocenters. The molecule has 4 aromatic rings. The molecule has 1 aromatic carbocycles. The van der Waals surface area contributed by atoms with E-state index in [1.807, 2.05) is 17.7 Å². The van der Waals surface area contributed by atoms with Gasteiger partial charge in [-0.1, -0.05) is 11.8 Å². The smallest absolute Gasteiger partial charge is 0.258 e. The van der Waals surface area contributed by atoms with Crippen molar-refractivity contribution in [2.75, 3.05) is 14.2 Å². The molecular formula is C18H17N5O4S. The number of hydrogen-bond acceptors (Lipinski definition) is 8. The quantitative estimate of drug-likeness (QED) is 0.493. The van der Waals surface area contributed by atoms with Crippen LogP contribution in [0.15, 0.2) is 44.9 Å². The van der Waals surface area contributed by atoms with Gasteiger partial charge in [-0.25, -0.2) is 4.98 Å². The lowest BCUT2D eigenvalue weighted by molar-refractivity contribution is 0.355. The summed E-state index contributed by atoms with van der Waals surface area (Å²) in [7, 11) is 4.92. The zero-order valence-electron chi connectivity index (χ0n) is 15.4.